The van der Waals surface area contributed by atoms with Crippen LogP contribution < -0.4 is 0 Å². The van der Waals surface area contributed by atoms with Crippen LogP contribution in [0.3, 0.4) is 0 Å². The van der Waals surface area contributed by atoms with E-state index in [2.05, 4.69) is 55.0 Å². The summed E-state index contributed by atoms with van der Waals surface area (Å²) in [5, 5.41) is 10.6. The number of aromatic nitrogens is 4. The number of rotatable bonds is 10. The number of ether oxygens (including phenoxy) is 1. The van der Waals surface area contributed by atoms with Crippen molar-refractivity contribution in [3.8, 4) is 0 Å². The number of benzene rings is 2. The molecule has 0 atom stereocenters. The molecule has 0 spiro atoms. The molecule has 0 bridgehead atoms. The SMILES string of the molecule is CCOC(=O)C1CCN(C(=O)CCCCSc2nnc3c4ccccc4n(Cc4ccc(Br)cc4)c3n2)CC1. The number of fused-ring (bicyclic) bond motifs is 3. The van der Waals surface area contributed by atoms with Crippen LogP contribution in [0.5, 0.6) is 0 Å². The number of para-hydroxylation sites is 1. The van der Waals surface area contributed by atoms with Crippen molar-refractivity contribution in [3.05, 3.63) is 58.6 Å². The van der Waals surface area contributed by atoms with Crippen molar-refractivity contribution in [2.24, 2.45) is 5.92 Å². The van der Waals surface area contributed by atoms with Crippen LogP contribution in [0.15, 0.2) is 58.2 Å². The van der Waals surface area contributed by atoms with E-state index in [-0.39, 0.29) is 17.8 Å². The highest BCUT2D eigenvalue weighted by Gasteiger charge is 2.27. The van der Waals surface area contributed by atoms with E-state index >= 15 is 0 Å². The first-order chi connectivity index (χ1) is 19.0. The van der Waals surface area contributed by atoms with E-state index in [0.29, 0.717) is 50.7 Å². The Kier molecular flexibility index (Phi) is 9.13. The van der Waals surface area contributed by atoms with Gasteiger partial charge in [0.15, 0.2) is 5.65 Å². The molecule has 1 aliphatic rings. The number of piperidine rings is 1. The first-order valence-corrected chi connectivity index (χ1v) is 15.2. The minimum atomic E-state index is -0.134. The zero-order valence-corrected chi connectivity index (χ0v) is 24.4. The highest BCUT2D eigenvalue weighted by atomic mass is 79.9. The van der Waals surface area contributed by atoms with Crippen molar-refractivity contribution >= 4 is 61.6 Å². The summed E-state index contributed by atoms with van der Waals surface area (Å²) in [6.45, 7) is 4.18. The topological polar surface area (TPSA) is 90.2 Å². The summed E-state index contributed by atoms with van der Waals surface area (Å²) in [5.74, 6) is 0.771. The molecule has 3 heterocycles. The van der Waals surface area contributed by atoms with Gasteiger partial charge in [0.05, 0.1) is 18.0 Å². The fourth-order valence-electron chi connectivity index (χ4n) is 5.01. The summed E-state index contributed by atoms with van der Waals surface area (Å²) < 4.78 is 8.38. The number of likely N-dealkylation sites (tertiary alicyclic amines) is 1. The van der Waals surface area contributed by atoms with Gasteiger partial charge >= 0.3 is 5.97 Å². The second kappa shape index (κ2) is 12.9. The summed E-state index contributed by atoms with van der Waals surface area (Å²) in [6.07, 6.45) is 3.59. The Labute approximate surface area is 240 Å². The van der Waals surface area contributed by atoms with Gasteiger partial charge in [-0.2, -0.15) is 0 Å². The lowest BCUT2D eigenvalue weighted by molar-refractivity contribution is -0.151. The number of halogens is 1. The number of esters is 1. The Morgan fingerprint density at radius 3 is 2.59 bits per heavy atom. The van der Waals surface area contributed by atoms with E-state index < -0.39 is 0 Å². The third-order valence-corrected chi connectivity index (χ3v) is 8.54. The predicted molar refractivity (Wildman–Crippen MR) is 157 cm³/mol. The van der Waals surface area contributed by atoms with Gasteiger partial charge in [-0.05, 0) is 56.4 Å². The summed E-state index contributed by atoms with van der Waals surface area (Å²) >= 11 is 5.09. The number of amides is 1. The highest BCUT2D eigenvalue weighted by Crippen LogP contribution is 2.28. The Balaban J connectivity index is 1.16. The normalized spacial score (nSPS) is 14.3. The summed E-state index contributed by atoms with van der Waals surface area (Å²) in [4.78, 5) is 31.3. The van der Waals surface area contributed by atoms with Crippen molar-refractivity contribution in [2.75, 3.05) is 25.4 Å². The summed E-state index contributed by atoms with van der Waals surface area (Å²) in [7, 11) is 0. The maximum absolute atomic E-state index is 12.6. The molecule has 0 aliphatic carbocycles. The molecule has 0 N–H and O–H groups in total. The third-order valence-electron chi connectivity index (χ3n) is 7.09. The molecule has 2 aromatic heterocycles. The minimum absolute atomic E-state index is 0.0788. The molecule has 8 nitrogen and oxygen atoms in total. The number of carbonyl (C=O) groups excluding carboxylic acids is 2. The Morgan fingerprint density at radius 2 is 1.82 bits per heavy atom. The second-order valence-corrected chi connectivity index (χ2v) is 11.7. The van der Waals surface area contributed by atoms with Crippen LogP contribution in [0, 0.1) is 5.92 Å². The third kappa shape index (κ3) is 6.61. The van der Waals surface area contributed by atoms with Gasteiger partial charge in [-0.25, -0.2) is 4.98 Å². The molecule has 1 fully saturated rings. The molecule has 0 radical (unpaired) electrons. The van der Waals surface area contributed by atoms with E-state index in [1.807, 2.05) is 36.1 Å². The van der Waals surface area contributed by atoms with Crippen LogP contribution in [0.2, 0.25) is 0 Å². The second-order valence-electron chi connectivity index (χ2n) is 9.71. The average Bonchev–Trinajstić information content (AvgIpc) is 3.27. The zero-order valence-electron chi connectivity index (χ0n) is 22.0. The van der Waals surface area contributed by atoms with Gasteiger partial charge in [-0.3, -0.25) is 9.59 Å². The van der Waals surface area contributed by atoms with Crippen molar-refractivity contribution in [3.63, 3.8) is 0 Å². The van der Waals surface area contributed by atoms with Crippen LogP contribution in [0.1, 0.15) is 44.6 Å². The highest BCUT2D eigenvalue weighted by molar-refractivity contribution is 9.10. The van der Waals surface area contributed by atoms with E-state index in [1.54, 1.807) is 11.8 Å². The minimum Gasteiger partial charge on any atom is -0.466 e. The molecule has 5 rings (SSSR count). The molecule has 1 saturated heterocycles. The molecule has 204 valence electrons. The average molecular weight is 611 g/mol. The van der Waals surface area contributed by atoms with Crippen molar-refractivity contribution in [1.82, 2.24) is 24.6 Å². The lowest BCUT2D eigenvalue weighted by atomic mass is 9.96. The first-order valence-electron chi connectivity index (χ1n) is 13.5. The number of carbonyl (C=O) groups is 2. The molecule has 2 aromatic carbocycles. The Hall–Kier alpha value is -2.98. The maximum Gasteiger partial charge on any atom is 0.309 e. The van der Waals surface area contributed by atoms with Crippen molar-refractivity contribution < 1.29 is 14.3 Å². The fourth-order valence-corrected chi connectivity index (χ4v) is 6.05. The summed E-state index contributed by atoms with van der Waals surface area (Å²) in [5.41, 5.74) is 3.91. The number of hydrogen-bond acceptors (Lipinski definition) is 7. The number of nitrogens with zero attached hydrogens (tertiary/aromatic N) is 5. The van der Waals surface area contributed by atoms with E-state index in [1.165, 1.54) is 5.56 Å². The molecule has 4 aromatic rings. The lowest BCUT2D eigenvalue weighted by Crippen LogP contribution is -2.40. The van der Waals surface area contributed by atoms with Gasteiger partial charge in [0.1, 0.15) is 5.52 Å². The number of hydrogen-bond donors (Lipinski definition) is 0. The molecule has 0 saturated carbocycles. The van der Waals surface area contributed by atoms with Gasteiger partial charge in [0.25, 0.3) is 0 Å². The maximum atomic E-state index is 12.6. The van der Waals surface area contributed by atoms with Crippen LogP contribution in [-0.4, -0.2) is 62.0 Å². The van der Waals surface area contributed by atoms with E-state index in [9.17, 15) is 9.59 Å². The zero-order chi connectivity index (χ0) is 27.2. The van der Waals surface area contributed by atoms with Crippen molar-refractivity contribution in [1.29, 1.82) is 0 Å². The predicted octanol–water partition coefficient (Wildman–Crippen LogP) is 5.85. The van der Waals surface area contributed by atoms with Crippen LogP contribution in [0.25, 0.3) is 22.1 Å². The molecule has 0 unspecified atom stereocenters. The number of unbranched alkanes of at least 4 members (excludes halogenated alkanes) is 1. The quantitative estimate of drug-likeness (QED) is 0.126. The largest absolute Gasteiger partial charge is 0.466 e. The fraction of sp³-hybridized carbons (Fsp3) is 0.414. The molecule has 39 heavy (non-hydrogen) atoms. The molecule has 1 aliphatic heterocycles. The number of thioether (sulfide) groups is 1. The summed E-state index contributed by atoms with van der Waals surface area (Å²) in [6, 6.07) is 16.5. The molecule has 10 heteroatoms. The molecular formula is C29H32BrN5O3S. The van der Waals surface area contributed by atoms with E-state index in [0.717, 1.165) is 45.1 Å². The smallest absolute Gasteiger partial charge is 0.309 e. The van der Waals surface area contributed by atoms with Crippen molar-refractivity contribution in [2.45, 2.75) is 50.7 Å². The first kappa shape index (κ1) is 27.6. The van der Waals surface area contributed by atoms with E-state index in [4.69, 9.17) is 9.72 Å². The van der Waals surface area contributed by atoms with Gasteiger partial charge in [0, 0.05) is 41.7 Å². The Bertz CT molecular complexity index is 1450. The standard InChI is InChI=1S/C29H32BrN5O3S/c1-2-38-28(37)21-14-16-34(17-15-21)25(36)9-5-6-18-39-29-31-27-26(32-33-29)23-7-3-4-8-24(23)35(27)19-20-10-12-22(30)13-11-20/h3-4,7-8,10-13,21H,2,5-6,9,14-19H2,1H3. The monoisotopic (exact) mass is 609 g/mol. The van der Waals surface area contributed by atoms with Crippen LogP contribution in [-0.2, 0) is 20.9 Å². The van der Waals surface area contributed by atoms with Gasteiger partial charge in [-0.1, -0.05) is 58.0 Å². The van der Waals surface area contributed by atoms with Gasteiger partial charge in [0.2, 0.25) is 11.1 Å². The van der Waals surface area contributed by atoms with Gasteiger partial charge < -0.3 is 14.2 Å². The Morgan fingerprint density at radius 1 is 1.05 bits per heavy atom. The lowest BCUT2D eigenvalue weighted by Gasteiger charge is -2.31. The molecule has 1 amide bonds. The van der Waals surface area contributed by atoms with Crippen LogP contribution in [0.4, 0.5) is 0 Å². The van der Waals surface area contributed by atoms with Gasteiger partial charge in [-0.15, -0.1) is 10.2 Å². The molecular weight excluding hydrogens is 578 g/mol. The van der Waals surface area contributed by atoms with Crippen LogP contribution >= 0.6 is 27.7 Å².